The first-order valence-electron chi connectivity index (χ1n) is 9.29. The lowest BCUT2D eigenvalue weighted by atomic mass is 9.82. The van der Waals surface area contributed by atoms with Crippen LogP contribution in [0.1, 0.15) is 55.3 Å². The van der Waals surface area contributed by atoms with Crippen molar-refractivity contribution in [2.24, 2.45) is 5.92 Å². The van der Waals surface area contributed by atoms with Crippen LogP contribution in [0.3, 0.4) is 0 Å². The van der Waals surface area contributed by atoms with E-state index < -0.39 is 5.60 Å². The number of rotatable bonds is 2. The number of ketones is 1. The molecule has 0 N–H and O–H groups in total. The van der Waals surface area contributed by atoms with Crippen molar-refractivity contribution in [3.05, 3.63) is 23.8 Å². The van der Waals surface area contributed by atoms with Crippen LogP contribution in [-0.4, -0.2) is 42.4 Å². The highest BCUT2D eigenvalue weighted by atomic mass is 16.5. The van der Waals surface area contributed by atoms with Gasteiger partial charge >= 0.3 is 0 Å². The van der Waals surface area contributed by atoms with Gasteiger partial charge in [0.15, 0.2) is 5.78 Å². The molecule has 1 spiro atoms. The van der Waals surface area contributed by atoms with Gasteiger partial charge in [0.1, 0.15) is 17.1 Å². The molecule has 1 aromatic carbocycles. The van der Waals surface area contributed by atoms with Gasteiger partial charge < -0.3 is 14.4 Å². The van der Waals surface area contributed by atoms with Crippen LogP contribution in [-0.2, 0) is 4.79 Å². The molecule has 0 aromatic heterocycles. The molecule has 4 rings (SSSR count). The number of Topliss-reactive ketones (excluding diaryl/α,β-unsaturated/α-hetero) is 1. The number of methoxy groups -OCH3 is 1. The number of carbonyl (C=O) groups is 2. The van der Waals surface area contributed by atoms with Crippen molar-refractivity contribution in [2.45, 2.75) is 50.5 Å². The maximum absolute atomic E-state index is 12.6. The molecular formula is C20H25NO4. The number of hydrogen-bond donors (Lipinski definition) is 0. The molecule has 134 valence electrons. The van der Waals surface area contributed by atoms with Gasteiger partial charge in [-0.2, -0.15) is 0 Å². The monoisotopic (exact) mass is 343 g/mol. The highest BCUT2D eigenvalue weighted by Gasteiger charge is 2.44. The van der Waals surface area contributed by atoms with Crippen molar-refractivity contribution in [1.29, 1.82) is 0 Å². The van der Waals surface area contributed by atoms with Crippen molar-refractivity contribution in [3.63, 3.8) is 0 Å². The summed E-state index contributed by atoms with van der Waals surface area (Å²) in [4.78, 5) is 27.2. The number of carbonyl (C=O) groups excluding carboxylic acids is 2. The number of nitrogens with zero attached hydrogens (tertiary/aromatic N) is 1. The van der Waals surface area contributed by atoms with E-state index >= 15 is 0 Å². The molecule has 0 radical (unpaired) electrons. The summed E-state index contributed by atoms with van der Waals surface area (Å²) in [7, 11) is 1.61. The standard InChI is InChI=1S/C20H25NO4/c1-24-15-6-7-16-17(22)13-20(25-18(16)12-15)8-10-21(11-9-20)19(23)14-4-2-3-5-14/h6-7,12,14H,2-5,8-11,13H2,1H3. The molecule has 2 heterocycles. The third-order valence-electron chi connectivity index (χ3n) is 5.99. The molecule has 2 aliphatic heterocycles. The third kappa shape index (κ3) is 3.00. The Kier molecular flexibility index (Phi) is 4.18. The summed E-state index contributed by atoms with van der Waals surface area (Å²) < 4.78 is 11.5. The van der Waals surface area contributed by atoms with E-state index in [4.69, 9.17) is 9.47 Å². The van der Waals surface area contributed by atoms with Crippen LogP contribution in [0, 0.1) is 5.92 Å². The number of amides is 1. The smallest absolute Gasteiger partial charge is 0.225 e. The molecule has 1 aliphatic carbocycles. The summed E-state index contributed by atoms with van der Waals surface area (Å²) >= 11 is 0. The minimum Gasteiger partial charge on any atom is -0.497 e. The van der Waals surface area contributed by atoms with Crippen molar-refractivity contribution in [3.8, 4) is 11.5 Å². The number of fused-ring (bicyclic) bond motifs is 1. The van der Waals surface area contributed by atoms with E-state index in [1.165, 1.54) is 12.8 Å². The quantitative estimate of drug-likeness (QED) is 0.827. The molecule has 2 fully saturated rings. The van der Waals surface area contributed by atoms with Gasteiger partial charge in [0, 0.05) is 37.9 Å². The number of piperidine rings is 1. The molecule has 1 aromatic rings. The fraction of sp³-hybridized carbons (Fsp3) is 0.600. The van der Waals surface area contributed by atoms with Crippen LogP contribution in [0.25, 0.3) is 0 Å². The molecule has 0 unspecified atom stereocenters. The van der Waals surface area contributed by atoms with Crippen LogP contribution >= 0.6 is 0 Å². The van der Waals surface area contributed by atoms with Gasteiger partial charge in [0.05, 0.1) is 19.1 Å². The lowest BCUT2D eigenvalue weighted by Crippen LogP contribution is -2.53. The van der Waals surface area contributed by atoms with Crippen molar-refractivity contribution in [2.75, 3.05) is 20.2 Å². The lowest BCUT2D eigenvalue weighted by Gasteiger charge is -2.44. The van der Waals surface area contributed by atoms with Gasteiger partial charge in [-0.3, -0.25) is 9.59 Å². The number of benzene rings is 1. The van der Waals surface area contributed by atoms with Gasteiger partial charge in [-0.15, -0.1) is 0 Å². The Bertz CT molecular complexity index is 685. The van der Waals surface area contributed by atoms with Crippen LogP contribution in [0.2, 0.25) is 0 Å². The Labute approximate surface area is 148 Å². The number of hydrogen-bond acceptors (Lipinski definition) is 4. The average molecular weight is 343 g/mol. The summed E-state index contributed by atoms with van der Waals surface area (Å²) in [5.41, 5.74) is 0.166. The molecule has 1 saturated heterocycles. The highest BCUT2D eigenvalue weighted by Crippen LogP contribution is 2.41. The second kappa shape index (κ2) is 6.36. The Morgan fingerprint density at radius 2 is 1.96 bits per heavy atom. The Morgan fingerprint density at radius 1 is 1.24 bits per heavy atom. The van der Waals surface area contributed by atoms with Crippen LogP contribution in [0.5, 0.6) is 11.5 Å². The SMILES string of the molecule is COc1ccc2c(c1)OC1(CCN(C(=O)C3CCCC3)CC1)CC2=O. The average Bonchev–Trinajstić information content (AvgIpc) is 3.16. The van der Waals surface area contributed by atoms with E-state index in [0.717, 1.165) is 12.8 Å². The predicted molar refractivity (Wildman–Crippen MR) is 93.1 cm³/mol. The minimum atomic E-state index is -0.469. The molecule has 25 heavy (non-hydrogen) atoms. The zero-order chi connectivity index (χ0) is 17.4. The van der Waals surface area contributed by atoms with Crippen molar-refractivity contribution < 1.29 is 19.1 Å². The maximum atomic E-state index is 12.6. The van der Waals surface area contributed by atoms with E-state index in [-0.39, 0.29) is 11.7 Å². The summed E-state index contributed by atoms with van der Waals surface area (Å²) in [5.74, 6) is 1.95. The van der Waals surface area contributed by atoms with Gasteiger partial charge in [-0.25, -0.2) is 0 Å². The molecule has 0 atom stereocenters. The topological polar surface area (TPSA) is 55.8 Å². The van der Waals surface area contributed by atoms with E-state index in [1.54, 1.807) is 25.3 Å². The summed E-state index contributed by atoms with van der Waals surface area (Å²) in [5, 5.41) is 0. The largest absolute Gasteiger partial charge is 0.497 e. The van der Waals surface area contributed by atoms with Crippen LogP contribution in [0.15, 0.2) is 18.2 Å². The first kappa shape index (κ1) is 16.4. The first-order chi connectivity index (χ1) is 12.1. The van der Waals surface area contributed by atoms with Crippen LogP contribution in [0.4, 0.5) is 0 Å². The summed E-state index contributed by atoms with van der Waals surface area (Å²) in [6.45, 7) is 1.36. The molecule has 3 aliphatic rings. The van der Waals surface area contributed by atoms with Crippen molar-refractivity contribution >= 4 is 11.7 Å². The second-order valence-corrected chi connectivity index (χ2v) is 7.55. The number of ether oxygens (including phenoxy) is 2. The fourth-order valence-electron chi connectivity index (χ4n) is 4.45. The van der Waals surface area contributed by atoms with E-state index in [2.05, 4.69) is 0 Å². The normalized spacial score (nSPS) is 22.6. The van der Waals surface area contributed by atoms with Crippen molar-refractivity contribution in [1.82, 2.24) is 4.90 Å². The van der Waals surface area contributed by atoms with Gasteiger partial charge in [0.2, 0.25) is 5.91 Å². The molecule has 1 saturated carbocycles. The molecule has 1 amide bonds. The second-order valence-electron chi connectivity index (χ2n) is 7.55. The Balaban J connectivity index is 1.47. The molecule has 5 heteroatoms. The molecule has 5 nitrogen and oxygen atoms in total. The zero-order valence-electron chi connectivity index (χ0n) is 14.8. The highest BCUT2D eigenvalue weighted by molar-refractivity contribution is 6.00. The van der Waals surface area contributed by atoms with Gasteiger partial charge in [0.25, 0.3) is 0 Å². The predicted octanol–water partition coefficient (Wildman–Crippen LogP) is 3.21. The minimum absolute atomic E-state index is 0.125. The lowest BCUT2D eigenvalue weighted by molar-refractivity contribution is -0.138. The fourth-order valence-corrected chi connectivity index (χ4v) is 4.45. The Morgan fingerprint density at radius 3 is 2.64 bits per heavy atom. The van der Waals surface area contributed by atoms with Gasteiger partial charge in [-0.1, -0.05) is 12.8 Å². The summed E-state index contributed by atoms with van der Waals surface area (Å²) in [6, 6.07) is 5.37. The van der Waals surface area contributed by atoms with Crippen LogP contribution < -0.4 is 9.47 Å². The van der Waals surface area contributed by atoms with E-state index in [1.807, 2.05) is 4.90 Å². The third-order valence-corrected chi connectivity index (χ3v) is 5.99. The van der Waals surface area contributed by atoms with Gasteiger partial charge in [-0.05, 0) is 25.0 Å². The molecular weight excluding hydrogens is 318 g/mol. The Hall–Kier alpha value is -2.04. The van der Waals surface area contributed by atoms with E-state index in [9.17, 15) is 9.59 Å². The first-order valence-corrected chi connectivity index (χ1v) is 9.29. The van der Waals surface area contributed by atoms with E-state index in [0.29, 0.717) is 55.3 Å². The zero-order valence-corrected chi connectivity index (χ0v) is 14.8. The maximum Gasteiger partial charge on any atom is 0.225 e. The summed E-state index contributed by atoms with van der Waals surface area (Å²) in [6.07, 6.45) is 6.24. The molecule has 0 bridgehead atoms. The number of likely N-dealkylation sites (tertiary alicyclic amines) is 1.